The summed E-state index contributed by atoms with van der Waals surface area (Å²) in [6.45, 7) is 3.36. The zero-order valence-corrected chi connectivity index (χ0v) is 10.8. The fraction of sp³-hybridized carbons (Fsp3) is 0.846. The number of carbonyl (C=O) groups is 2. The number of amides is 2. The van der Waals surface area contributed by atoms with Gasteiger partial charge in [-0.3, -0.25) is 19.4 Å². The molecule has 4 heterocycles. The van der Waals surface area contributed by atoms with Gasteiger partial charge in [0.2, 0.25) is 11.8 Å². The van der Waals surface area contributed by atoms with Crippen LogP contribution in [0.1, 0.15) is 12.8 Å². The number of hydrogen-bond donors (Lipinski definition) is 0. The predicted octanol–water partition coefficient (Wildman–Crippen LogP) is -0.561. The number of imide groups is 1. The van der Waals surface area contributed by atoms with E-state index in [0.717, 1.165) is 25.9 Å². The minimum Gasteiger partial charge on any atom is -0.379 e. The highest BCUT2D eigenvalue weighted by Crippen LogP contribution is 2.48. The first kappa shape index (κ1) is 11.8. The van der Waals surface area contributed by atoms with E-state index in [0.29, 0.717) is 19.9 Å². The maximum atomic E-state index is 12.4. The van der Waals surface area contributed by atoms with Crippen molar-refractivity contribution in [2.24, 2.45) is 11.8 Å². The molecule has 4 aliphatic rings. The van der Waals surface area contributed by atoms with Crippen molar-refractivity contribution < 1.29 is 19.1 Å². The van der Waals surface area contributed by atoms with Crippen LogP contribution in [0.25, 0.3) is 0 Å². The fourth-order valence-electron chi connectivity index (χ4n) is 3.86. The molecule has 4 aliphatic heterocycles. The summed E-state index contributed by atoms with van der Waals surface area (Å²) in [4.78, 5) is 28.4. The number of ether oxygens (including phenoxy) is 2. The van der Waals surface area contributed by atoms with Crippen molar-refractivity contribution in [3.63, 3.8) is 0 Å². The van der Waals surface area contributed by atoms with E-state index in [2.05, 4.69) is 4.90 Å². The van der Waals surface area contributed by atoms with Crippen molar-refractivity contribution in [1.82, 2.24) is 9.80 Å². The average molecular weight is 266 g/mol. The molecule has 0 saturated carbocycles. The Hall–Kier alpha value is -0.980. The first-order chi connectivity index (χ1) is 9.25. The molecule has 2 amide bonds. The second kappa shape index (κ2) is 4.26. The molecule has 19 heavy (non-hydrogen) atoms. The van der Waals surface area contributed by atoms with E-state index < -0.39 is 0 Å². The molecule has 0 aromatic rings. The Morgan fingerprint density at radius 1 is 1.00 bits per heavy atom. The number of fused-ring (bicyclic) bond motifs is 5. The Morgan fingerprint density at radius 2 is 1.58 bits per heavy atom. The smallest absolute Gasteiger partial charge is 0.236 e. The van der Waals surface area contributed by atoms with E-state index in [9.17, 15) is 9.59 Å². The van der Waals surface area contributed by atoms with Crippen LogP contribution in [0.5, 0.6) is 0 Å². The number of nitrogens with zero attached hydrogens (tertiary/aromatic N) is 2. The van der Waals surface area contributed by atoms with Crippen LogP contribution in [-0.2, 0) is 19.1 Å². The third kappa shape index (κ3) is 1.67. The summed E-state index contributed by atoms with van der Waals surface area (Å²) in [6, 6.07) is 0. The first-order valence-corrected chi connectivity index (χ1v) is 7.06. The monoisotopic (exact) mass is 266 g/mol. The molecule has 0 unspecified atom stereocenters. The number of likely N-dealkylation sites (tertiary alicyclic amines) is 1. The van der Waals surface area contributed by atoms with Gasteiger partial charge in [0, 0.05) is 13.1 Å². The Kier molecular flexibility index (Phi) is 2.65. The predicted molar refractivity (Wildman–Crippen MR) is 64.0 cm³/mol. The van der Waals surface area contributed by atoms with Crippen molar-refractivity contribution in [1.29, 1.82) is 0 Å². The lowest BCUT2D eigenvalue weighted by atomic mass is 9.81. The molecule has 4 rings (SSSR count). The van der Waals surface area contributed by atoms with Crippen molar-refractivity contribution in [3.8, 4) is 0 Å². The minimum absolute atomic E-state index is 0.0128. The lowest BCUT2D eigenvalue weighted by Crippen LogP contribution is -2.47. The van der Waals surface area contributed by atoms with Crippen LogP contribution in [0.2, 0.25) is 0 Å². The van der Waals surface area contributed by atoms with Gasteiger partial charge < -0.3 is 9.47 Å². The van der Waals surface area contributed by atoms with Crippen molar-refractivity contribution in [3.05, 3.63) is 0 Å². The van der Waals surface area contributed by atoms with Crippen LogP contribution in [0.4, 0.5) is 0 Å². The zero-order valence-electron chi connectivity index (χ0n) is 10.8. The molecule has 4 fully saturated rings. The molecular formula is C13H18N2O4. The number of rotatable bonds is 2. The standard InChI is InChI=1S/C13H18N2O4/c16-12-10-8-1-2-9(19-8)11(10)13(17)15(12)7-14-3-5-18-6-4-14/h8-11H,1-7H2/t8-,9+,10-,11+. The van der Waals surface area contributed by atoms with Gasteiger partial charge in [-0.05, 0) is 12.8 Å². The van der Waals surface area contributed by atoms with E-state index in [1.165, 1.54) is 4.90 Å². The molecule has 0 N–H and O–H groups in total. The Morgan fingerprint density at radius 3 is 2.16 bits per heavy atom. The number of hydrogen-bond acceptors (Lipinski definition) is 5. The molecule has 4 atom stereocenters. The Bertz CT molecular complexity index is 393. The van der Waals surface area contributed by atoms with Crippen LogP contribution < -0.4 is 0 Å². The maximum absolute atomic E-state index is 12.4. The Labute approximate surface area is 111 Å². The van der Waals surface area contributed by atoms with E-state index >= 15 is 0 Å². The summed E-state index contributed by atoms with van der Waals surface area (Å²) in [5.74, 6) is -0.443. The van der Waals surface area contributed by atoms with Gasteiger partial charge in [0.05, 0.1) is 43.9 Å². The summed E-state index contributed by atoms with van der Waals surface area (Å²) in [6.07, 6.45) is 1.83. The molecule has 4 saturated heterocycles. The summed E-state index contributed by atoms with van der Waals surface area (Å²) in [5, 5.41) is 0. The van der Waals surface area contributed by atoms with Crippen LogP contribution in [0, 0.1) is 11.8 Å². The second-order valence-electron chi connectivity index (χ2n) is 5.82. The Balaban J connectivity index is 1.51. The van der Waals surface area contributed by atoms with Crippen LogP contribution in [0.15, 0.2) is 0 Å². The van der Waals surface area contributed by atoms with Gasteiger partial charge in [0.1, 0.15) is 0 Å². The summed E-state index contributed by atoms with van der Waals surface area (Å²) in [7, 11) is 0. The van der Waals surface area contributed by atoms with Gasteiger partial charge in [0.25, 0.3) is 0 Å². The molecule has 6 heteroatoms. The highest BCUT2D eigenvalue weighted by Gasteiger charge is 2.62. The average Bonchev–Trinajstić information content (AvgIpc) is 3.10. The molecular weight excluding hydrogens is 248 g/mol. The SMILES string of the molecule is O=C1[C@@H]2[C@H](C(=O)N1CN1CCOCC1)[C@H]1CC[C@@H]2O1. The molecule has 2 bridgehead atoms. The lowest BCUT2D eigenvalue weighted by Gasteiger charge is -2.30. The second-order valence-corrected chi connectivity index (χ2v) is 5.82. The van der Waals surface area contributed by atoms with Crippen molar-refractivity contribution >= 4 is 11.8 Å². The van der Waals surface area contributed by atoms with Crippen LogP contribution in [-0.4, -0.2) is 66.8 Å². The molecule has 0 aromatic heterocycles. The molecule has 0 spiro atoms. The highest BCUT2D eigenvalue weighted by atomic mass is 16.5. The lowest BCUT2D eigenvalue weighted by molar-refractivity contribution is -0.146. The molecule has 0 radical (unpaired) electrons. The van der Waals surface area contributed by atoms with Crippen LogP contribution in [0.3, 0.4) is 0 Å². The van der Waals surface area contributed by atoms with Gasteiger partial charge in [0.15, 0.2) is 0 Å². The van der Waals surface area contributed by atoms with E-state index in [4.69, 9.17) is 9.47 Å². The largest absolute Gasteiger partial charge is 0.379 e. The quantitative estimate of drug-likeness (QED) is 0.627. The summed E-state index contributed by atoms with van der Waals surface area (Å²) >= 11 is 0. The van der Waals surface area contributed by atoms with Gasteiger partial charge in [-0.25, -0.2) is 0 Å². The topological polar surface area (TPSA) is 59.1 Å². The number of carbonyl (C=O) groups excluding carboxylic acids is 2. The minimum atomic E-state index is -0.202. The third-order valence-corrected chi connectivity index (χ3v) is 4.82. The summed E-state index contributed by atoms with van der Waals surface area (Å²) < 4.78 is 11.0. The van der Waals surface area contributed by atoms with Gasteiger partial charge in [-0.1, -0.05) is 0 Å². The van der Waals surface area contributed by atoms with E-state index in [1.807, 2.05) is 0 Å². The van der Waals surface area contributed by atoms with E-state index in [1.54, 1.807) is 0 Å². The molecule has 6 nitrogen and oxygen atoms in total. The third-order valence-electron chi connectivity index (χ3n) is 4.82. The first-order valence-electron chi connectivity index (χ1n) is 7.06. The van der Waals surface area contributed by atoms with Gasteiger partial charge in [-0.15, -0.1) is 0 Å². The zero-order chi connectivity index (χ0) is 13.0. The highest BCUT2D eigenvalue weighted by molar-refractivity contribution is 6.06. The fourth-order valence-corrected chi connectivity index (χ4v) is 3.86. The molecule has 0 aliphatic carbocycles. The summed E-state index contributed by atoms with van der Waals surface area (Å²) in [5.41, 5.74) is 0. The van der Waals surface area contributed by atoms with Crippen molar-refractivity contribution in [2.45, 2.75) is 25.0 Å². The van der Waals surface area contributed by atoms with Crippen LogP contribution >= 0.6 is 0 Å². The normalized spacial score (nSPS) is 42.2. The molecule has 104 valence electrons. The number of morpholine rings is 1. The van der Waals surface area contributed by atoms with E-state index in [-0.39, 0.29) is 35.9 Å². The van der Waals surface area contributed by atoms with Gasteiger partial charge in [-0.2, -0.15) is 0 Å². The molecule has 0 aromatic carbocycles. The van der Waals surface area contributed by atoms with Gasteiger partial charge >= 0.3 is 0 Å². The van der Waals surface area contributed by atoms with Crippen molar-refractivity contribution in [2.75, 3.05) is 33.0 Å². The maximum Gasteiger partial charge on any atom is 0.236 e.